The Morgan fingerprint density at radius 3 is 2.79 bits per heavy atom. The van der Waals surface area contributed by atoms with Gasteiger partial charge in [0.15, 0.2) is 0 Å². The van der Waals surface area contributed by atoms with Gasteiger partial charge in [-0.05, 0) is 32.2 Å². The third-order valence-electron chi connectivity index (χ3n) is 4.89. The summed E-state index contributed by atoms with van der Waals surface area (Å²) < 4.78 is 2.15. The Labute approximate surface area is 115 Å². The van der Waals surface area contributed by atoms with Crippen LogP contribution in [-0.2, 0) is 6.54 Å². The van der Waals surface area contributed by atoms with Crippen molar-refractivity contribution in [3.8, 4) is 0 Å². The van der Waals surface area contributed by atoms with Crippen molar-refractivity contribution in [3.63, 3.8) is 0 Å². The molecule has 1 aliphatic heterocycles. The molecule has 1 aromatic heterocycles. The van der Waals surface area contributed by atoms with Gasteiger partial charge in [-0.2, -0.15) is 0 Å². The highest BCUT2D eigenvalue weighted by molar-refractivity contribution is 4.90. The summed E-state index contributed by atoms with van der Waals surface area (Å²) in [6, 6.07) is 0.606. The molecular weight excluding hydrogens is 238 g/mol. The number of aliphatic hydroxyl groups excluding tert-OH is 1. The van der Waals surface area contributed by atoms with Gasteiger partial charge in [0.1, 0.15) is 0 Å². The Morgan fingerprint density at radius 2 is 2.05 bits per heavy atom. The highest BCUT2D eigenvalue weighted by Crippen LogP contribution is 2.35. The maximum atomic E-state index is 10.2. The molecule has 19 heavy (non-hydrogen) atoms. The number of aliphatic hydroxyl groups is 1. The third kappa shape index (κ3) is 3.00. The third-order valence-corrected chi connectivity index (χ3v) is 4.89. The lowest BCUT2D eigenvalue weighted by Gasteiger charge is -2.40. The van der Waals surface area contributed by atoms with E-state index in [4.69, 9.17) is 0 Å². The van der Waals surface area contributed by atoms with Gasteiger partial charge in [-0.1, -0.05) is 12.8 Å². The molecule has 3 unspecified atom stereocenters. The van der Waals surface area contributed by atoms with Crippen LogP contribution in [0.25, 0.3) is 0 Å². The smallest absolute Gasteiger partial charge is 0.0946 e. The molecule has 4 nitrogen and oxygen atoms in total. The molecule has 0 aromatic carbocycles. The summed E-state index contributed by atoms with van der Waals surface area (Å²) in [5, 5.41) is 10.2. The number of piperidine rings is 1. The van der Waals surface area contributed by atoms with Crippen LogP contribution >= 0.6 is 0 Å². The van der Waals surface area contributed by atoms with Crippen LogP contribution in [0.1, 0.15) is 38.5 Å². The average Bonchev–Trinajstić information content (AvgIpc) is 3.08. The van der Waals surface area contributed by atoms with Gasteiger partial charge in [0.2, 0.25) is 0 Å². The summed E-state index contributed by atoms with van der Waals surface area (Å²) in [4.78, 5) is 6.71. The van der Waals surface area contributed by atoms with Crippen molar-refractivity contribution in [2.75, 3.05) is 13.1 Å². The van der Waals surface area contributed by atoms with Crippen LogP contribution in [0.15, 0.2) is 18.7 Å². The Bertz CT molecular complexity index is 379. The molecule has 3 atom stereocenters. The minimum absolute atomic E-state index is 0.0566. The Morgan fingerprint density at radius 1 is 1.11 bits per heavy atom. The number of aromatic nitrogens is 2. The molecular formula is C15H25N3O. The van der Waals surface area contributed by atoms with E-state index in [2.05, 4.69) is 14.5 Å². The lowest BCUT2D eigenvalue weighted by atomic mass is 9.88. The first-order chi connectivity index (χ1) is 9.34. The van der Waals surface area contributed by atoms with Gasteiger partial charge in [0.25, 0.3) is 0 Å². The molecule has 3 rings (SSSR count). The molecule has 0 bridgehead atoms. The van der Waals surface area contributed by atoms with Gasteiger partial charge < -0.3 is 9.67 Å². The van der Waals surface area contributed by atoms with Gasteiger partial charge in [-0.15, -0.1) is 0 Å². The van der Waals surface area contributed by atoms with Crippen LogP contribution in [-0.4, -0.2) is 44.8 Å². The first-order valence-corrected chi connectivity index (χ1v) is 7.72. The van der Waals surface area contributed by atoms with Crippen LogP contribution < -0.4 is 0 Å². The minimum atomic E-state index is -0.0566. The summed E-state index contributed by atoms with van der Waals surface area (Å²) in [5.74, 6) is 0.517. The van der Waals surface area contributed by atoms with E-state index in [-0.39, 0.29) is 6.10 Å². The number of rotatable bonds is 4. The lowest BCUT2D eigenvalue weighted by Crippen LogP contribution is -2.47. The van der Waals surface area contributed by atoms with E-state index in [1.54, 1.807) is 0 Å². The topological polar surface area (TPSA) is 41.3 Å². The lowest BCUT2D eigenvalue weighted by molar-refractivity contribution is 0.0338. The van der Waals surface area contributed by atoms with E-state index in [0.29, 0.717) is 12.0 Å². The SMILES string of the molecule is OC1CCCC1C1CCCCN1CCn1ccnc1. The molecule has 1 N–H and O–H groups in total. The summed E-state index contributed by atoms with van der Waals surface area (Å²) in [5.41, 5.74) is 0. The van der Waals surface area contributed by atoms with Crippen LogP contribution in [0, 0.1) is 5.92 Å². The number of hydrogen-bond acceptors (Lipinski definition) is 3. The quantitative estimate of drug-likeness (QED) is 0.902. The van der Waals surface area contributed by atoms with Crippen molar-refractivity contribution >= 4 is 0 Å². The van der Waals surface area contributed by atoms with Crippen molar-refractivity contribution in [1.82, 2.24) is 14.5 Å². The molecule has 2 aliphatic rings. The molecule has 106 valence electrons. The number of nitrogens with zero attached hydrogens (tertiary/aromatic N) is 3. The van der Waals surface area contributed by atoms with Gasteiger partial charge in [-0.25, -0.2) is 4.98 Å². The van der Waals surface area contributed by atoms with Gasteiger partial charge in [-0.3, -0.25) is 4.90 Å². The van der Waals surface area contributed by atoms with Crippen LogP contribution in [0.2, 0.25) is 0 Å². The second kappa shape index (κ2) is 6.06. The molecule has 0 amide bonds. The molecule has 2 heterocycles. The second-order valence-corrected chi connectivity index (χ2v) is 6.06. The fourth-order valence-electron chi connectivity index (χ4n) is 3.86. The standard InChI is InChI=1S/C15H25N3O/c19-15-6-3-4-13(15)14-5-1-2-8-18(14)11-10-17-9-7-16-12-17/h7,9,12-15,19H,1-6,8,10-11H2. The Balaban J connectivity index is 1.60. The monoisotopic (exact) mass is 263 g/mol. The second-order valence-electron chi connectivity index (χ2n) is 6.06. The highest BCUT2D eigenvalue weighted by Gasteiger charge is 2.36. The summed E-state index contributed by atoms with van der Waals surface area (Å²) in [6.07, 6.45) is 13.0. The first kappa shape index (κ1) is 13.1. The van der Waals surface area contributed by atoms with Gasteiger partial charge in [0.05, 0.1) is 12.4 Å². The maximum Gasteiger partial charge on any atom is 0.0946 e. The van der Waals surface area contributed by atoms with E-state index in [1.165, 1.54) is 38.6 Å². The van der Waals surface area contributed by atoms with E-state index in [9.17, 15) is 5.11 Å². The predicted octanol–water partition coefficient (Wildman–Crippen LogP) is 1.90. The highest BCUT2D eigenvalue weighted by atomic mass is 16.3. The normalized spacial score (nSPS) is 32.8. The Hall–Kier alpha value is -0.870. The van der Waals surface area contributed by atoms with E-state index >= 15 is 0 Å². The molecule has 0 radical (unpaired) electrons. The van der Waals surface area contributed by atoms with Gasteiger partial charge in [0, 0.05) is 37.4 Å². The zero-order valence-electron chi connectivity index (χ0n) is 11.6. The summed E-state index contributed by atoms with van der Waals surface area (Å²) >= 11 is 0. The molecule has 1 aliphatic carbocycles. The predicted molar refractivity (Wildman–Crippen MR) is 74.8 cm³/mol. The van der Waals surface area contributed by atoms with Crippen molar-refractivity contribution in [3.05, 3.63) is 18.7 Å². The summed E-state index contributed by atoms with van der Waals surface area (Å²) in [6.45, 7) is 3.30. The largest absolute Gasteiger partial charge is 0.393 e. The molecule has 1 saturated carbocycles. The number of hydrogen-bond donors (Lipinski definition) is 1. The van der Waals surface area contributed by atoms with Crippen molar-refractivity contribution in [2.24, 2.45) is 5.92 Å². The average molecular weight is 263 g/mol. The van der Waals surface area contributed by atoms with Crippen molar-refractivity contribution in [2.45, 2.75) is 57.2 Å². The zero-order chi connectivity index (χ0) is 13.1. The molecule has 1 saturated heterocycles. The minimum Gasteiger partial charge on any atom is -0.393 e. The maximum absolute atomic E-state index is 10.2. The van der Waals surface area contributed by atoms with E-state index < -0.39 is 0 Å². The summed E-state index contributed by atoms with van der Waals surface area (Å²) in [7, 11) is 0. The van der Waals surface area contributed by atoms with Gasteiger partial charge >= 0.3 is 0 Å². The molecule has 1 aromatic rings. The zero-order valence-corrected chi connectivity index (χ0v) is 11.6. The van der Waals surface area contributed by atoms with Crippen LogP contribution in [0.4, 0.5) is 0 Å². The van der Waals surface area contributed by atoms with Crippen LogP contribution in [0.3, 0.4) is 0 Å². The number of likely N-dealkylation sites (tertiary alicyclic amines) is 1. The molecule has 4 heteroatoms. The number of imidazole rings is 1. The van der Waals surface area contributed by atoms with E-state index in [0.717, 1.165) is 19.5 Å². The van der Waals surface area contributed by atoms with Crippen molar-refractivity contribution < 1.29 is 5.11 Å². The van der Waals surface area contributed by atoms with Crippen LogP contribution in [0.5, 0.6) is 0 Å². The molecule has 0 spiro atoms. The Kier molecular flexibility index (Phi) is 4.18. The van der Waals surface area contributed by atoms with E-state index in [1.807, 2.05) is 18.7 Å². The fourth-order valence-corrected chi connectivity index (χ4v) is 3.86. The molecule has 2 fully saturated rings. The van der Waals surface area contributed by atoms with Crippen molar-refractivity contribution in [1.29, 1.82) is 0 Å². The first-order valence-electron chi connectivity index (χ1n) is 7.72. The fraction of sp³-hybridized carbons (Fsp3) is 0.800.